The zero-order valence-electron chi connectivity index (χ0n) is 13.3. The second kappa shape index (κ2) is 10.9. The van der Waals surface area contributed by atoms with E-state index in [9.17, 15) is 9.90 Å². The Bertz CT molecular complexity index is 438. The summed E-state index contributed by atoms with van der Waals surface area (Å²) in [5, 5.41) is 18.8. The number of hydrogen-bond donors (Lipinski definition) is 2. The molecule has 2 N–H and O–H groups in total. The van der Waals surface area contributed by atoms with E-state index < -0.39 is 12.1 Å². The van der Waals surface area contributed by atoms with Crippen LogP contribution in [0.5, 0.6) is 0 Å². The Hall–Kier alpha value is -1.81. The molecule has 21 heavy (non-hydrogen) atoms. The van der Waals surface area contributed by atoms with Crippen molar-refractivity contribution in [3.8, 4) is 0 Å². The van der Waals surface area contributed by atoms with Crippen molar-refractivity contribution in [1.82, 2.24) is 0 Å². The van der Waals surface area contributed by atoms with Crippen LogP contribution in [-0.2, 0) is 9.53 Å². The number of rotatable bonds is 8. The third kappa shape index (κ3) is 10.6. The van der Waals surface area contributed by atoms with Gasteiger partial charge in [0.2, 0.25) is 0 Å². The molecule has 0 aromatic rings. The first-order chi connectivity index (χ1) is 9.86. The highest BCUT2D eigenvalue weighted by Gasteiger charge is 2.08. The average Bonchev–Trinajstić information content (AvgIpc) is 2.40. The molecule has 0 saturated carbocycles. The highest BCUT2D eigenvalue weighted by Crippen LogP contribution is 2.13. The molecule has 0 amide bonds. The van der Waals surface area contributed by atoms with E-state index in [0.29, 0.717) is 12.0 Å². The van der Waals surface area contributed by atoms with Crippen molar-refractivity contribution in [3.63, 3.8) is 0 Å². The smallest absolute Gasteiger partial charge is 0.307 e. The van der Waals surface area contributed by atoms with Crippen LogP contribution in [-0.4, -0.2) is 22.3 Å². The van der Waals surface area contributed by atoms with Gasteiger partial charge < -0.3 is 14.9 Å². The zero-order chi connectivity index (χ0) is 16.3. The highest BCUT2D eigenvalue weighted by molar-refractivity contribution is 5.66. The van der Waals surface area contributed by atoms with Crippen molar-refractivity contribution in [3.05, 3.63) is 47.5 Å². The van der Waals surface area contributed by atoms with Crippen LogP contribution in [0.15, 0.2) is 47.5 Å². The van der Waals surface area contributed by atoms with E-state index in [1.54, 1.807) is 0 Å². The van der Waals surface area contributed by atoms with Gasteiger partial charge in [0, 0.05) is 12.5 Å². The molecule has 0 rings (SSSR count). The molecule has 0 fully saturated rings. The number of aliphatic hydroxyl groups excluding tert-OH is 2. The summed E-state index contributed by atoms with van der Waals surface area (Å²) in [6, 6.07) is 0. The number of allylic oxidation sites excluding steroid dienone is 3. The van der Waals surface area contributed by atoms with Crippen LogP contribution in [0.3, 0.4) is 0 Å². The van der Waals surface area contributed by atoms with Crippen LogP contribution in [0.4, 0.5) is 0 Å². The normalized spacial score (nSPS) is 14.1. The van der Waals surface area contributed by atoms with Crippen molar-refractivity contribution in [2.24, 2.45) is 0 Å². The van der Waals surface area contributed by atoms with Crippen molar-refractivity contribution >= 4 is 5.97 Å². The lowest BCUT2D eigenvalue weighted by atomic mass is 10.0. The molecule has 0 aromatic heterocycles. The van der Waals surface area contributed by atoms with E-state index in [4.69, 9.17) is 9.84 Å². The van der Waals surface area contributed by atoms with Gasteiger partial charge in [-0.05, 0) is 46.1 Å². The van der Waals surface area contributed by atoms with Gasteiger partial charge in [0.15, 0.2) is 0 Å². The van der Waals surface area contributed by atoms with Crippen LogP contribution >= 0.6 is 0 Å². The van der Waals surface area contributed by atoms with Gasteiger partial charge in [0.05, 0.1) is 12.4 Å². The van der Waals surface area contributed by atoms with Gasteiger partial charge in [-0.15, -0.1) is 0 Å². The molecule has 4 nitrogen and oxygen atoms in total. The lowest BCUT2D eigenvalue weighted by Crippen LogP contribution is -2.09. The topological polar surface area (TPSA) is 66.8 Å². The van der Waals surface area contributed by atoms with E-state index >= 15 is 0 Å². The second-order valence-electron chi connectivity index (χ2n) is 5.17. The van der Waals surface area contributed by atoms with Gasteiger partial charge in [-0.1, -0.05) is 23.3 Å². The predicted molar refractivity (Wildman–Crippen MR) is 84.7 cm³/mol. The van der Waals surface area contributed by atoms with Crippen molar-refractivity contribution in [2.45, 2.75) is 53.1 Å². The minimum absolute atomic E-state index is 0.348. The molecular weight excluding hydrogens is 268 g/mol. The number of carbonyl (C=O) groups excluding carboxylic acids is 1. The Morgan fingerprint density at radius 3 is 2.38 bits per heavy atom. The van der Waals surface area contributed by atoms with E-state index in [1.165, 1.54) is 24.1 Å². The van der Waals surface area contributed by atoms with Crippen LogP contribution in [0, 0.1) is 0 Å². The molecule has 0 aromatic carbocycles. The number of hydrogen-bond acceptors (Lipinski definition) is 4. The first kappa shape index (κ1) is 19.2. The van der Waals surface area contributed by atoms with Crippen molar-refractivity contribution < 1.29 is 19.7 Å². The van der Waals surface area contributed by atoms with E-state index in [1.807, 2.05) is 13.0 Å². The molecule has 0 aliphatic rings. The second-order valence-corrected chi connectivity index (χ2v) is 5.17. The SMILES string of the molecule is CC(=O)OC=C(C=CO)C(O)CC=C(C)CCC=C(C)C. The zero-order valence-corrected chi connectivity index (χ0v) is 13.3. The minimum Gasteiger partial charge on any atom is -0.516 e. The first-order valence-electron chi connectivity index (χ1n) is 7.02. The van der Waals surface area contributed by atoms with Gasteiger partial charge in [-0.2, -0.15) is 0 Å². The molecule has 1 atom stereocenters. The summed E-state index contributed by atoms with van der Waals surface area (Å²) in [5.41, 5.74) is 2.83. The fraction of sp³-hybridized carbons (Fsp3) is 0.471. The van der Waals surface area contributed by atoms with Crippen molar-refractivity contribution in [1.29, 1.82) is 0 Å². The molecule has 4 heteroatoms. The molecule has 0 spiro atoms. The average molecular weight is 294 g/mol. The van der Waals surface area contributed by atoms with Crippen LogP contribution in [0.25, 0.3) is 0 Å². The first-order valence-corrected chi connectivity index (χ1v) is 7.02. The summed E-state index contributed by atoms with van der Waals surface area (Å²) in [6.07, 6.45) is 8.90. The summed E-state index contributed by atoms with van der Waals surface area (Å²) in [6.45, 7) is 7.42. The van der Waals surface area contributed by atoms with Gasteiger partial charge in [-0.25, -0.2) is 0 Å². The van der Waals surface area contributed by atoms with E-state index in [0.717, 1.165) is 25.4 Å². The Morgan fingerprint density at radius 2 is 1.86 bits per heavy atom. The van der Waals surface area contributed by atoms with Crippen LogP contribution in [0.1, 0.15) is 47.0 Å². The molecule has 0 radical (unpaired) electrons. The van der Waals surface area contributed by atoms with Gasteiger partial charge in [0.25, 0.3) is 0 Å². The Morgan fingerprint density at radius 1 is 1.19 bits per heavy atom. The van der Waals surface area contributed by atoms with E-state index in [-0.39, 0.29) is 0 Å². The lowest BCUT2D eigenvalue weighted by Gasteiger charge is -2.10. The maximum absolute atomic E-state index is 10.8. The highest BCUT2D eigenvalue weighted by atomic mass is 16.5. The summed E-state index contributed by atoms with van der Waals surface area (Å²) in [5.74, 6) is -0.473. The molecule has 0 aliphatic carbocycles. The summed E-state index contributed by atoms with van der Waals surface area (Å²) >= 11 is 0. The summed E-state index contributed by atoms with van der Waals surface area (Å²) in [7, 11) is 0. The quantitative estimate of drug-likeness (QED) is 0.308. The Labute approximate surface area is 127 Å². The maximum atomic E-state index is 10.8. The molecule has 0 heterocycles. The third-order valence-electron chi connectivity index (χ3n) is 2.79. The number of aliphatic hydroxyl groups is 2. The number of carbonyl (C=O) groups is 1. The van der Waals surface area contributed by atoms with Crippen LogP contribution < -0.4 is 0 Å². The van der Waals surface area contributed by atoms with Gasteiger partial charge in [-0.3, -0.25) is 4.79 Å². The van der Waals surface area contributed by atoms with Crippen LogP contribution in [0.2, 0.25) is 0 Å². The van der Waals surface area contributed by atoms with Crippen molar-refractivity contribution in [2.75, 3.05) is 0 Å². The standard InChI is InChI=1S/C17H26O4/c1-13(2)6-5-7-14(3)8-9-17(20)16(10-11-18)12-21-15(4)19/h6,8,10-12,17-18,20H,5,7,9H2,1-4H3. The minimum atomic E-state index is -0.828. The van der Waals surface area contributed by atoms with E-state index in [2.05, 4.69) is 19.9 Å². The van der Waals surface area contributed by atoms with Gasteiger partial charge in [0.1, 0.15) is 6.26 Å². The summed E-state index contributed by atoms with van der Waals surface area (Å²) in [4.78, 5) is 10.8. The Kier molecular flexibility index (Phi) is 9.98. The molecular formula is C17H26O4. The molecule has 1 unspecified atom stereocenters. The fourth-order valence-corrected chi connectivity index (χ4v) is 1.61. The monoisotopic (exact) mass is 294 g/mol. The third-order valence-corrected chi connectivity index (χ3v) is 2.79. The molecule has 0 saturated heterocycles. The largest absolute Gasteiger partial charge is 0.516 e. The molecule has 118 valence electrons. The Balaban J connectivity index is 4.54. The fourth-order valence-electron chi connectivity index (χ4n) is 1.61. The number of ether oxygens (including phenoxy) is 1. The van der Waals surface area contributed by atoms with Gasteiger partial charge >= 0.3 is 5.97 Å². The predicted octanol–water partition coefficient (Wildman–Crippen LogP) is 3.95. The summed E-state index contributed by atoms with van der Waals surface area (Å²) < 4.78 is 4.72. The maximum Gasteiger partial charge on any atom is 0.307 e. The molecule has 0 aliphatic heterocycles. The lowest BCUT2D eigenvalue weighted by molar-refractivity contribution is -0.135. The number of esters is 1. The molecule has 0 bridgehead atoms.